The van der Waals surface area contributed by atoms with Gasteiger partial charge in [0.25, 0.3) is 5.91 Å². The van der Waals surface area contributed by atoms with Crippen LogP contribution in [0.5, 0.6) is 5.75 Å². The van der Waals surface area contributed by atoms with E-state index in [9.17, 15) is 9.59 Å². The van der Waals surface area contributed by atoms with Gasteiger partial charge in [0.15, 0.2) is 0 Å². The summed E-state index contributed by atoms with van der Waals surface area (Å²) in [5.74, 6) is -0.439. The molecule has 1 aliphatic carbocycles. The number of carboxylic acid groups (broad SMARTS) is 1. The third-order valence-corrected chi connectivity index (χ3v) is 3.98. The van der Waals surface area contributed by atoms with Gasteiger partial charge in [-0.2, -0.15) is 0 Å². The summed E-state index contributed by atoms with van der Waals surface area (Å²) < 4.78 is 5.67. The Bertz CT molecular complexity index is 528. The molecule has 0 aromatic heterocycles. The number of carbonyl (C=O) groups is 2. The molecule has 2 rings (SSSR count). The van der Waals surface area contributed by atoms with E-state index >= 15 is 0 Å². The van der Waals surface area contributed by atoms with E-state index in [0.717, 1.165) is 12.8 Å². The second kappa shape index (κ2) is 6.26. The first-order chi connectivity index (χ1) is 9.51. The van der Waals surface area contributed by atoms with E-state index < -0.39 is 17.9 Å². The van der Waals surface area contributed by atoms with Crippen molar-refractivity contribution in [2.75, 3.05) is 7.11 Å². The maximum atomic E-state index is 12.2. The summed E-state index contributed by atoms with van der Waals surface area (Å²) in [5, 5.41) is 11.7. The van der Waals surface area contributed by atoms with Crippen LogP contribution in [0.1, 0.15) is 29.6 Å². The molecule has 1 atom stereocenters. The molecule has 0 heterocycles. The lowest BCUT2D eigenvalue weighted by atomic mass is 10.1. The van der Waals surface area contributed by atoms with Gasteiger partial charge in [-0.05, 0) is 46.5 Å². The number of rotatable bonds is 6. The SMILES string of the molecule is COc1ccc(Br)c(C(=O)NC(CC2CC2)C(=O)O)c1. The summed E-state index contributed by atoms with van der Waals surface area (Å²) in [6, 6.07) is 4.16. The van der Waals surface area contributed by atoms with Gasteiger partial charge in [0.2, 0.25) is 0 Å². The summed E-state index contributed by atoms with van der Waals surface area (Å²) in [5.41, 5.74) is 0.367. The van der Waals surface area contributed by atoms with Crippen molar-refractivity contribution in [3.05, 3.63) is 28.2 Å². The van der Waals surface area contributed by atoms with Crippen molar-refractivity contribution in [2.24, 2.45) is 5.92 Å². The fourth-order valence-corrected chi connectivity index (χ4v) is 2.38. The molecule has 0 saturated heterocycles. The number of halogens is 1. The average Bonchev–Trinajstić information content (AvgIpc) is 3.22. The highest BCUT2D eigenvalue weighted by molar-refractivity contribution is 9.10. The van der Waals surface area contributed by atoms with E-state index in [1.165, 1.54) is 7.11 Å². The largest absolute Gasteiger partial charge is 0.497 e. The van der Waals surface area contributed by atoms with Gasteiger partial charge in [0.1, 0.15) is 11.8 Å². The van der Waals surface area contributed by atoms with Crippen molar-refractivity contribution in [1.29, 1.82) is 0 Å². The summed E-state index contributed by atoms with van der Waals surface area (Å²) in [4.78, 5) is 23.4. The highest BCUT2D eigenvalue weighted by Crippen LogP contribution is 2.33. The van der Waals surface area contributed by atoms with Gasteiger partial charge in [0.05, 0.1) is 12.7 Å². The van der Waals surface area contributed by atoms with Crippen LogP contribution >= 0.6 is 15.9 Å². The molecule has 0 aliphatic heterocycles. The van der Waals surface area contributed by atoms with Gasteiger partial charge in [-0.1, -0.05) is 12.8 Å². The zero-order valence-corrected chi connectivity index (χ0v) is 12.6. The lowest BCUT2D eigenvalue weighted by Gasteiger charge is -2.15. The number of carbonyl (C=O) groups excluding carboxylic acids is 1. The lowest BCUT2D eigenvalue weighted by Crippen LogP contribution is -2.41. The molecule has 1 unspecified atom stereocenters. The van der Waals surface area contributed by atoms with Crippen molar-refractivity contribution >= 4 is 27.8 Å². The molecular weight excluding hydrogens is 326 g/mol. The van der Waals surface area contributed by atoms with Crippen LogP contribution in [0.4, 0.5) is 0 Å². The highest BCUT2D eigenvalue weighted by Gasteiger charge is 2.30. The van der Waals surface area contributed by atoms with E-state index in [1.807, 2.05) is 0 Å². The molecule has 20 heavy (non-hydrogen) atoms. The first kappa shape index (κ1) is 14.8. The summed E-state index contributed by atoms with van der Waals surface area (Å²) in [7, 11) is 1.51. The number of amides is 1. The van der Waals surface area contributed by atoms with Crippen molar-refractivity contribution in [1.82, 2.24) is 5.32 Å². The minimum atomic E-state index is -0.996. The maximum Gasteiger partial charge on any atom is 0.326 e. The highest BCUT2D eigenvalue weighted by atomic mass is 79.9. The predicted molar refractivity (Wildman–Crippen MR) is 76.9 cm³/mol. The number of hydrogen-bond donors (Lipinski definition) is 2. The van der Waals surface area contributed by atoms with Crippen LogP contribution in [-0.2, 0) is 4.79 Å². The van der Waals surface area contributed by atoms with Gasteiger partial charge < -0.3 is 15.2 Å². The lowest BCUT2D eigenvalue weighted by molar-refractivity contribution is -0.139. The summed E-state index contributed by atoms with van der Waals surface area (Å²) in [6.45, 7) is 0. The van der Waals surface area contributed by atoms with Gasteiger partial charge >= 0.3 is 5.97 Å². The van der Waals surface area contributed by atoms with Crippen LogP contribution in [0.25, 0.3) is 0 Å². The molecular formula is C14H16BrNO4. The second-order valence-corrected chi connectivity index (χ2v) is 5.74. The van der Waals surface area contributed by atoms with Crippen LogP contribution < -0.4 is 10.1 Å². The Morgan fingerprint density at radius 1 is 1.50 bits per heavy atom. The van der Waals surface area contributed by atoms with Crippen LogP contribution in [0.3, 0.4) is 0 Å². The zero-order valence-electron chi connectivity index (χ0n) is 11.1. The smallest absolute Gasteiger partial charge is 0.326 e. The van der Waals surface area contributed by atoms with E-state index in [0.29, 0.717) is 28.1 Å². The van der Waals surface area contributed by atoms with E-state index in [1.54, 1.807) is 18.2 Å². The molecule has 1 aromatic rings. The molecule has 6 heteroatoms. The molecule has 1 amide bonds. The minimum Gasteiger partial charge on any atom is -0.497 e. The second-order valence-electron chi connectivity index (χ2n) is 4.89. The average molecular weight is 342 g/mol. The van der Waals surface area contributed by atoms with Gasteiger partial charge in [-0.3, -0.25) is 4.79 Å². The van der Waals surface area contributed by atoms with Gasteiger partial charge in [0, 0.05) is 4.47 Å². The minimum absolute atomic E-state index is 0.367. The first-order valence-corrected chi connectivity index (χ1v) is 7.17. The maximum absolute atomic E-state index is 12.2. The molecule has 1 aliphatic rings. The van der Waals surface area contributed by atoms with Crippen LogP contribution in [0.15, 0.2) is 22.7 Å². The van der Waals surface area contributed by atoms with E-state index in [-0.39, 0.29) is 0 Å². The Balaban J connectivity index is 2.11. The fourth-order valence-electron chi connectivity index (χ4n) is 1.95. The van der Waals surface area contributed by atoms with Crippen LogP contribution in [0.2, 0.25) is 0 Å². The van der Waals surface area contributed by atoms with Crippen molar-refractivity contribution in [3.8, 4) is 5.75 Å². The number of hydrogen-bond acceptors (Lipinski definition) is 3. The Kier molecular flexibility index (Phi) is 4.65. The number of ether oxygens (including phenoxy) is 1. The normalized spacial score (nSPS) is 15.5. The van der Waals surface area contributed by atoms with Crippen molar-refractivity contribution in [2.45, 2.75) is 25.3 Å². The number of methoxy groups -OCH3 is 1. The summed E-state index contributed by atoms with van der Waals surface area (Å²) in [6.07, 6.45) is 2.58. The third kappa shape index (κ3) is 3.72. The molecule has 5 nitrogen and oxygen atoms in total. The molecule has 2 N–H and O–H groups in total. The predicted octanol–water partition coefficient (Wildman–Crippen LogP) is 2.44. The van der Waals surface area contributed by atoms with Crippen LogP contribution in [0, 0.1) is 5.92 Å². The Labute approximate surface area is 125 Å². The number of nitrogens with one attached hydrogen (secondary N) is 1. The van der Waals surface area contributed by atoms with Gasteiger partial charge in [-0.15, -0.1) is 0 Å². The van der Waals surface area contributed by atoms with E-state index in [4.69, 9.17) is 9.84 Å². The monoisotopic (exact) mass is 341 g/mol. The van der Waals surface area contributed by atoms with E-state index in [2.05, 4.69) is 21.2 Å². The Morgan fingerprint density at radius 2 is 2.20 bits per heavy atom. The quantitative estimate of drug-likeness (QED) is 0.833. The zero-order chi connectivity index (χ0) is 14.7. The molecule has 1 fully saturated rings. The standard InChI is InChI=1S/C14H16BrNO4/c1-20-9-4-5-11(15)10(7-9)13(17)16-12(14(18)19)6-8-2-3-8/h4-5,7-8,12H,2-3,6H2,1H3,(H,16,17)(H,18,19). The van der Waals surface area contributed by atoms with Crippen molar-refractivity contribution in [3.63, 3.8) is 0 Å². The van der Waals surface area contributed by atoms with Crippen LogP contribution in [-0.4, -0.2) is 30.1 Å². The molecule has 0 bridgehead atoms. The third-order valence-electron chi connectivity index (χ3n) is 3.29. The number of benzene rings is 1. The van der Waals surface area contributed by atoms with Gasteiger partial charge in [-0.25, -0.2) is 4.79 Å². The Hall–Kier alpha value is -1.56. The summed E-state index contributed by atoms with van der Waals surface area (Å²) >= 11 is 3.29. The molecule has 108 valence electrons. The Morgan fingerprint density at radius 3 is 2.75 bits per heavy atom. The first-order valence-electron chi connectivity index (χ1n) is 6.38. The molecule has 0 spiro atoms. The molecule has 1 aromatic carbocycles. The topological polar surface area (TPSA) is 75.6 Å². The molecule has 0 radical (unpaired) electrons. The number of carboxylic acids is 1. The van der Waals surface area contributed by atoms with Crippen molar-refractivity contribution < 1.29 is 19.4 Å². The fraction of sp³-hybridized carbons (Fsp3) is 0.429. The number of aliphatic carboxylic acids is 1. The molecule has 1 saturated carbocycles.